The van der Waals surface area contributed by atoms with Gasteiger partial charge in [-0.3, -0.25) is 9.59 Å². The zero-order chi connectivity index (χ0) is 17.3. The highest BCUT2D eigenvalue weighted by atomic mass is 79.9. The molecule has 1 aromatic carbocycles. The van der Waals surface area contributed by atoms with Gasteiger partial charge >= 0.3 is 0 Å². The van der Waals surface area contributed by atoms with Crippen molar-refractivity contribution in [3.05, 3.63) is 51.7 Å². The Kier molecular flexibility index (Phi) is 4.87. The molecular weight excluding hydrogens is 394 g/mol. The molecule has 2 heterocycles. The summed E-state index contributed by atoms with van der Waals surface area (Å²) in [5.41, 5.74) is 2.22. The van der Waals surface area contributed by atoms with E-state index < -0.39 is 5.92 Å². The van der Waals surface area contributed by atoms with Gasteiger partial charge in [-0.1, -0.05) is 23.7 Å². The van der Waals surface area contributed by atoms with E-state index in [9.17, 15) is 9.59 Å². The zero-order valence-corrected chi connectivity index (χ0v) is 15.3. The number of hydrogen-bond acceptors (Lipinski definition) is 3. The second kappa shape index (κ2) is 6.91. The topological polar surface area (TPSA) is 62.3 Å². The average molecular weight is 409 g/mol. The molecule has 2 amide bonds. The third-order valence-electron chi connectivity index (χ3n) is 3.97. The van der Waals surface area contributed by atoms with Gasteiger partial charge in [0.25, 0.3) is 0 Å². The van der Waals surface area contributed by atoms with Crippen molar-refractivity contribution in [1.82, 2.24) is 4.98 Å². The minimum absolute atomic E-state index is 0.0620. The molecule has 1 N–H and O–H groups in total. The van der Waals surface area contributed by atoms with Crippen LogP contribution >= 0.6 is 27.5 Å². The number of pyridine rings is 1. The van der Waals surface area contributed by atoms with Gasteiger partial charge in [0.05, 0.1) is 23.5 Å². The Morgan fingerprint density at radius 2 is 2.17 bits per heavy atom. The van der Waals surface area contributed by atoms with E-state index in [4.69, 9.17) is 11.6 Å². The summed E-state index contributed by atoms with van der Waals surface area (Å²) in [6.07, 6.45) is 1.71. The van der Waals surface area contributed by atoms with Crippen molar-refractivity contribution in [2.24, 2.45) is 5.92 Å². The van der Waals surface area contributed by atoms with Crippen molar-refractivity contribution in [2.45, 2.75) is 13.3 Å². The predicted octanol–water partition coefficient (Wildman–Crippen LogP) is 3.80. The maximum atomic E-state index is 12.5. The summed E-state index contributed by atoms with van der Waals surface area (Å²) in [4.78, 5) is 30.4. The van der Waals surface area contributed by atoms with Crippen LogP contribution in [0.5, 0.6) is 0 Å². The first-order chi connectivity index (χ1) is 11.5. The van der Waals surface area contributed by atoms with Gasteiger partial charge in [0.1, 0.15) is 5.15 Å². The van der Waals surface area contributed by atoms with Gasteiger partial charge in [-0.15, -0.1) is 0 Å². The minimum Gasteiger partial charge on any atom is -0.324 e. The standard InChI is InChI=1S/C17H15BrClN3O2/c1-10-6-15(19)20-8-13(10)21-17(24)11-7-16(23)22(9-11)14-5-3-2-4-12(14)18/h2-6,8,11H,7,9H2,1H3,(H,21,24)/t11-/m0/s1. The second-order valence-corrected chi connectivity index (χ2v) is 6.91. The Morgan fingerprint density at radius 3 is 2.88 bits per heavy atom. The molecule has 1 atom stereocenters. The number of nitrogens with zero attached hydrogens (tertiary/aromatic N) is 2. The molecule has 0 radical (unpaired) electrons. The molecule has 1 aromatic heterocycles. The number of nitrogens with one attached hydrogen (secondary N) is 1. The van der Waals surface area contributed by atoms with Gasteiger partial charge in [0.2, 0.25) is 11.8 Å². The van der Waals surface area contributed by atoms with E-state index >= 15 is 0 Å². The van der Waals surface area contributed by atoms with Crippen LogP contribution in [0.1, 0.15) is 12.0 Å². The summed E-state index contributed by atoms with van der Waals surface area (Å²) < 4.78 is 0.831. The molecule has 0 spiro atoms. The number of benzene rings is 1. The molecule has 1 aliphatic heterocycles. The molecule has 1 saturated heterocycles. The fraction of sp³-hybridized carbons (Fsp3) is 0.235. The summed E-state index contributed by atoms with van der Waals surface area (Å²) in [5.74, 6) is -0.655. The number of halogens is 2. The fourth-order valence-electron chi connectivity index (χ4n) is 2.67. The highest BCUT2D eigenvalue weighted by molar-refractivity contribution is 9.10. The number of carbonyl (C=O) groups is 2. The normalized spacial score (nSPS) is 17.2. The van der Waals surface area contributed by atoms with Crippen LogP contribution in [-0.2, 0) is 9.59 Å². The molecule has 0 bridgehead atoms. The first kappa shape index (κ1) is 16.9. The molecule has 1 aliphatic rings. The summed E-state index contributed by atoms with van der Waals surface area (Å²) in [6.45, 7) is 2.20. The number of carbonyl (C=O) groups excluding carboxylic acids is 2. The van der Waals surface area contributed by atoms with E-state index in [2.05, 4.69) is 26.2 Å². The number of anilines is 2. The van der Waals surface area contributed by atoms with Gasteiger partial charge in [0, 0.05) is 17.4 Å². The second-order valence-electron chi connectivity index (χ2n) is 5.67. The van der Waals surface area contributed by atoms with Crippen molar-refractivity contribution in [2.75, 3.05) is 16.8 Å². The number of hydrogen-bond donors (Lipinski definition) is 1. The SMILES string of the molecule is Cc1cc(Cl)ncc1NC(=O)[C@H]1CC(=O)N(c2ccccc2Br)C1. The van der Waals surface area contributed by atoms with Crippen molar-refractivity contribution in [3.63, 3.8) is 0 Å². The van der Waals surface area contributed by atoms with E-state index in [0.29, 0.717) is 17.4 Å². The largest absolute Gasteiger partial charge is 0.324 e. The molecule has 0 aliphatic carbocycles. The molecular formula is C17H15BrClN3O2. The Balaban J connectivity index is 1.73. The summed E-state index contributed by atoms with van der Waals surface area (Å²) in [6, 6.07) is 9.16. The van der Waals surface area contributed by atoms with Crippen LogP contribution in [0, 0.1) is 12.8 Å². The molecule has 7 heteroatoms. The number of amides is 2. The van der Waals surface area contributed by atoms with Crippen molar-refractivity contribution in [3.8, 4) is 0 Å². The van der Waals surface area contributed by atoms with Gasteiger partial charge in [-0.2, -0.15) is 0 Å². The van der Waals surface area contributed by atoms with Gasteiger partial charge in [-0.25, -0.2) is 4.98 Å². The maximum Gasteiger partial charge on any atom is 0.229 e. The summed E-state index contributed by atoms with van der Waals surface area (Å²) >= 11 is 9.27. The lowest BCUT2D eigenvalue weighted by atomic mass is 10.1. The van der Waals surface area contributed by atoms with E-state index in [1.54, 1.807) is 11.0 Å². The average Bonchev–Trinajstić information content (AvgIpc) is 2.92. The van der Waals surface area contributed by atoms with Crippen LogP contribution in [0.4, 0.5) is 11.4 Å². The number of rotatable bonds is 3. The maximum absolute atomic E-state index is 12.5. The van der Waals surface area contributed by atoms with Crippen molar-refractivity contribution >= 4 is 50.7 Å². The lowest BCUT2D eigenvalue weighted by Gasteiger charge is -2.18. The quantitative estimate of drug-likeness (QED) is 0.786. The smallest absolute Gasteiger partial charge is 0.229 e. The first-order valence-electron chi connectivity index (χ1n) is 7.43. The molecule has 5 nitrogen and oxygen atoms in total. The van der Waals surface area contributed by atoms with E-state index in [-0.39, 0.29) is 18.2 Å². The fourth-order valence-corrected chi connectivity index (χ4v) is 3.39. The Bertz CT molecular complexity index is 812. The zero-order valence-electron chi connectivity index (χ0n) is 12.9. The van der Waals surface area contributed by atoms with Crippen LogP contribution in [0.2, 0.25) is 5.15 Å². The van der Waals surface area contributed by atoms with Crippen LogP contribution in [0.3, 0.4) is 0 Å². The summed E-state index contributed by atoms with van der Waals surface area (Å²) in [7, 11) is 0. The van der Waals surface area contributed by atoms with Gasteiger partial charge < -0.3 is 10.2 Å². The molecule has 24 heavy (non-hydrogen) atoms. The third-order valence-corrected chi connectivity index (χ3v) is 4.85. The summed E-state index contributed by atoms with van der Waals surface area (Å²) in [5, 5.41) is 3.21. The molecule has 3 rings (SSSR count). The molecule has 0 saturated carbocycles. The highest BCUT2D eigenvalue weighted by Gasteiger charge is 2.35. The van der Waals surface area contributed by atoms with Crippen LogP contribution in [0.25, 0.3) is 0 Å². The third kappa shape index (κ3) is 3.44. The number of para-hydroxylation sites is 1. The van der Waals surface area contributed by atoms with Gasteiger partial charge in [-0.05, 0) is 46.6 Å². The predicted molar refractivity (Wildman–Crippen MR) is 97.2 cm³/mol. The molecule has 1 fully saturated rings. The van der Waals surface area contributed by atoms with Crippen molar-refractivity contribution < 1.29 is 9.59 Å². The Morgan fingerprint density at radius 1 is 1.42 bits per heavy atom. The number of aryl methyl sites for hydroxylation is 1. The molecule has 124 valence electrons. The van der Waals surface area contributed by atoms with E-state index in [1.807, 2.05) is 31.2 Å². The lowest BCUT2D eigenvalue weighted by molar-refractivity contribution is -0.122. The van der Waals surface area contributed by atoms with Gasteiger partial charge in [0.15, 0.2) is 0 Å². The minimum atomic E-state index is -0.403. The number of aromatic nitrogens is 1. The van der Waals surface area contributed by atoms with E-state index in [1.165, 1.54) is 6.20 Å². The Hall–Kier alpha value is -1.92. The van der Waals surface area contributed by atoms with Crippen LogP contribution in [-0.4, -0.2) is 23.3 Å². The Labute approximate surface area is 153 Å². The van der Waals surface area contributed by atoms with Crippen LogP contribution < -0.4 is 10.2 Å². The van der Waals surface area contributed by atoms with Crippen molar-refractivity contribution in [1.29, 1.82) is 0 Å². The molecule has 2 aromatic rings. The lowest BCUT2D eigenvalue weighted by Crippen LogP contribution is -2.28. The van der Waals surface area contributed by atoms with E-state index in [0.717, 1.165) is 15.7 Å². The molecule has 0 unspecified atom stereocenters. The monoisotopic (exact) mass is 407 g/mol. The first-order valence-corrected chi connectivity index (χ1v) is 8.60. The van der Waals surface area contributed by atoms with Crippen LogP contribution in [0.15, 0.2) is 41.0 Å². The highest BCUT2D eigenvalue weighted by Crippen LogP contribution is 2.31.